The molecule has 2 saturated carbocycles. The van der Waals surface area contributed by atoms with Gasteiger partial charge >= 0.3 is 5.97 Å². The van der Waals surface area contributed by atoms with E-state index in [9.17, 15) is 14.9 Å². The van der Waals surface area contributed by atoms with Crippen LogP contribution in [-0.2, 0) is 4.74 Å². The second-order valence-corrected chi connectivity index (χ2v) is 7.03. The lowest BCUT2D eigenvalue weighted by Crippen LogP contribution is -2.38. The maximum absolute atomic E-state index is 12.2. The van der Waals surface area contributed by atoms with Gasteiger partial charge in [0.1, 0.15) is 11.8 Å². The van der Waals surface area contributed by atoms with Crippen LogP contribution in [-0.4, -0.2) is 22.0 Å². The van der Waals surface area contributed by atoms with E-state index in [1.165, 1.54) is 18.7 Å². The standard InChI is InChI=1S/C15H20N2O4/c1-14(2)9-4-5-15(14,3)12(6-9)21-13(18)11-7-10(8-16-11)17(19)20/h7-9,12,16H,4-6H2,1-3H3. The van der Waals surface area contributed by atoms with Crippen molar-refractivity contribution in [2.45, 2.75) is 46.1 Å². The Kier molecular flexibility index (Phi) is 2.90. The van der Waals surface area contributed by atoms with Crippen LogP contribution >= 0.6 is 0 Å². The number of hydrogen-bond donors (Lipinski definition) is 1. The van der Waals surface area contributed by atoms with Gasteiger partial charge in [0.15, 0.2) is 0 Å². The Hall–Kier alpha value is -1.85. The summed E-state index contributed by atoms with van der Waals surface area (Å²) in [5.74, 6) is 0.0796. The molecule has 0 spiro atoms. The number of hydrogen-bond acceptors (Lipinski definition) is 4. The Morgan fingerprint density at radius 1 is 1.48 bits per heavy atom. The van der Waals surface area contributed by atoms with Gasteiger partial charge in [-0.3, -0.25) is 10.1 Å². The molecule has 0 aromatic carbocycles. The van der Waals surface area contributed by atoms with Crippen LogP contribution in [0.15, 0.2) is 12.3 Å². The number of nitrogens with zero attached hydrogens (tertiary/aromatic N) is 1. The zero-order chi connectivity index (χ0) is 15.4. The molecule has 0 aliphatic heterocycles. The van der Waals surface area contributed by atoms with Gasteiger partial charge in [-0.05, 0) is 30.6 Å². The van der Waals surface area contributed by atoms with Crippen LogP contribution < -0.4 is 0 Å². The first-order valence-electron chi connectivity index (χ1n) is 7.29. The summed E-state index contributed by atoms with van der Waals surface area (Å²) in [7, 11) is 0. The van der Waals surface area contributed by atoms with Crippen molar-refractivity contribution >= 4 is 11.7 Å². The fourth-order valence-electron chi connectivity index (χ4n) is 4.11. The first-order chi connectivity index (χ1) is 9.75. The van der Waals surface area contributed by atoms with E-state index in [0.717, 1.165) is 12.8 Å². The predicted octanol–water partition coefficient (Wildman–Crippen LogP) is 3.29. The molecule has 3 rings (SSSR count). The fraction of sp³-hybridized carbons (Fsp3) is 0.667. The van der Waals surface area contributed by atoms with Crippen LogP contribution in [0.25, 0.3) is 0 Å². The predicted molar refractivity (Wildman–Crippen MR) is 75.9 cm³/mol. The van der Waals surface area contributed by atoms with E-state index in [1.54, 1.807) is 0 Å². The van der Waals surface area contributed by atoms with Gasteiger partial charge in [-0.2, -0.15) is 0 Å². The molecule has 1 N–H and O–H groups in total. The van der Waals surface area contributed by atoms with Crippen LogP contribution in [0.5, 0.6) is 0 Å². The number of carbonyl (C=O) groups is 1. The van der Waals surface area contributed by atoms with E-state index in [2.05, 4.69) is 25.8 Å². The summed E-state index contributed by atoms with van der Waals surface area (Å²) in [5, 5.41) is 10.7. The monoisotopic (exact) mass is 292 g/mol. The van der Waals surface area contributed by atoms with Gasteiger partial charge in [0.25, 0.3) is 5.69 Å². The highest BCUT2D eigenvalue weighted by molar-refractivity contribution is 5.88. The van der Waals surface area contributed by atoms with Crippen molar-refractivity contribution in [2.24, 2.45) is 16.7 Å². The Morgan fingerprint density at radius 2 is 2.19 bits per heavy atom. The van der Waals surface area contributed by atoms with E-state index in [4.69, 9.17) is 4.74 Å². The van der Waals surface area contributed by atoms with Crippen LogP contribution in [0.3, 0.4) is 0 Å². The SMILES string of the molecule is CC1(C)C2CCC1(C)C(OC(=O)c1cc([N+](=O)[O-])c[nH]1)C2. The van der Waals surface area contributed by atoms with Gasteiger partial charge in [-0.1, -0.05) is 20.8 Å². The van der Waals surface area contributed by atoms with Crippen LogP contribution in [0.1, 0.15) is 50.5 Å². The summed E-state index contributed by atoms with van der Waals surface area (Å²) in [5.41, 5.74) is 0.179. The molecule has 0 radical (unpaired) electrons. The molecule has 0 amide bonds. The Bertz CT molecular complexity index is 607. The molecule has 6 heteroatoms. The zero-order valence-electron chi connectivity index (χ0n) is 12.5. The van der Waals surface area contributed by atoms with Gasteiger partial charge in [0.05, 0.1) is 11.1 Å². The maximum atomic E-state index is 12.2. The number of esters is 1. The third-order valence-electron chi connectivity index (χ3n) is 6.06. The molecule has 114 valence electrons. The summed E-state index contributed by atoms with van der Waals surface area (Å²) in [4.78, 5) is 24.9. The van der Waals surface area contributed by atoms with E-state index >= 15 is 0 Å². The summed E-state index contributed by atoms with van der Waals surface area (Å²) in [6.07, 6.45) is 4.24. The van der Waals surface area contributed by atoms with E-state index in [0.29, 0.717) is 5.92 Å². The third-order valence-corrected chi connectivity index (χ3v) is 6.06. The second kappa shape index (κ2) is 4.32. The van der Waals surface area contributed by atoms with Gasteiger partial charge < -0.3 is 9.72 Å². The van der Waals surface area contributed by atoms with Crippen molar-refractivity contribution in [3.63, 3.8) is 0 Å². The zero-order valence-corrected chi connectivity index (χ0v) is 12.5. The van der Waals surface area contributed by atoms with Crippen molar-refractivity contribution in [1.29, 1.82) is 0 Å². The lowest BCUT2D eigenvalue weighted by Gasteiger charge is -2.38. The second-order valence-electron chi connectivity index (χ2n) is 7.03. The summed E-state index contributed by atoms with van der Waals surface area (Å²) in [6.45, 7) is 6.69. The van der Waals surface area contributed by atoms with Gasteiger partial charge in [0, 0.05) is 11.5 Å². The number of aromatic nitrogens is 1. The molecule has 0 saturated heterocycles. The number of aromatic amines is 1. The molecule has 3 unspecified atom stereocenters. The fourth-order valence-corrected chi connectivity index (χ4v) is 4.11. The number of ether oxygens (including phenoxy) is 1. The highest BCUT2D eigenvalue weighted by atomic mass is 16.6. The molecule has 1 aromatic heterocycles. The molecule has 3 atom stereocenters. The minimum atomic E-state index is -0.533. The lowest BCUT2D eigenvalue weighted by molar-refractivity contribution is -0.384. The average Bonchev–Trinajstić information content (AvgIpc) is 3.02. The summed E-state index contributed by atoms with van der Waals surface area (Å²) in [6, 6.07) is 1.23. The van der Waals surface area contributed by atoms with E-state index < -0.39 is 10.9 Å². The Morgan fingerprint density at radius 3 is 2.67 bits per heavy atom. The van der Waals surface area contributed by atoms with Crippen LogP contribution in [0.2, 0.25) is 0 Å². The largest absolute Gasteiger partial charge is 0.457 e. The number of rotatable bonds is 3. The highest BCUT2D eigenvalue weighted by Crippen LogP contribution is 2.66. The molecular weight excluding hydrogens is 272 g/mol. The van der Waals surface area contributed by atoms with Gasteiger partial charge in [-0.15, -0.1) is 0 Å². The van der Waals surface area contributed by atoms with E-state index in [1.807, 2.05) is 0 Å². The minimum absolute atomic E-state index is 0.00808. The van der Waals surface area contributed by atoms with Gasteiger partial charge in [0.2, 0.25) is 0 Å². The first kappa shape index (κ1) is 14.1. The van der Waals surface area contributed by atoms with Crippen LogP contribution in [0.4, 0.5) is 5.69 Å². The summed E-state index contributed by atoms with van der Waals surface area (Å²) < 4.78 is 5.67. The highest BCUT2D eigenvalue weighted by Gasteiger charge is 2.62. The molecule has 21 heavy (non-hydrogen) atoms. The number of nitrogens with one attached hydrogen (secondary N) is 1. The molecule has 2 fully saturated rings. The molecular formula is C15H20N2O4. The molecule has 2 bridgehead atoms. The number of fused-ring (bicyclic) bond motifs is 2. The van der Waals surface area contributed by atoms with Gasteiger partial charge in [-0.25, -0.2) is 4.79 Å². The Labute approximate surface area is 123 Å². The van der Waals surface area contributed by atoms with Crippen molar-refractivity contribution in [3.05, 3.63) is 28.1 Å². The molecule has 2 aliphatic rings. The normalized spacial score (nSPS) is 33.1. The summed E-state index contributed by atoms with van der Waals surface area (Å²) >= 11 is 0. The van der Waals surface area contributed by atoms with Crippen LogP contribution in [0, 0.1) is 26.9 Å². The minimum Gasteiger partial charge on any atom is -0.457 e. The maximum Gasteiger partial charge on any atom is 0.355 e. The molecule has 1 aromatic rings. The first-order valence-corrected chi connectivity index (χ1v) is 7.29. The third kappa shape index (κ3) is 1.88. The molecule has 2 aliphatic carbocycles. The number of carbonyl (C=O) groups excluding carboxylic acids is 1. The van der Waals surface area contributed by atoms with Crippen molar-refractivity contribution < 1.29 is 14.5 Å². The van der Waals surface area contributed by atoms with Crippen molar-refractivity contribution in [2.75, 3.05) is 0 Å². The lowest BCUT2D eigenvalue weighted by atomic mass is 9.70. The molecule has 1 heterocycles. The number of nitro groups is 1. The van der Waals surface area contributed by atoms with Crippen molar-refractivity contribution in [1.82, 2.24) is 4.98 Å². The smallest absolute Gasteiger partial charge is 0.355 e. The molecule has 6 nitrogen and oxygen atoms in total. The van der Waals surface area contributed by atoms with Crippen molar-refractivity contribution in [3.8, 4) is 0 Å². The van der Waals surface area contributed by atoms with E-state index in [-0.39, 0.29) is 28.3 Å². The number of H-pyrrole nitrogens is 1. The quantitative estimate of drug-likeness (QED) is 0.526. The average molecular weight is 292 g/mol. The Balaban J connectivity index is 1.75. The topological polar surface area (TPSA) is 85.2 Å².